The van der Waals surface area contributed by atoms with Crippen LogP contribution in [0.2, 0.25) is 0 Å². The number of aromatic amines is 2. The summed E-state index contributed by atoms with van der Waals surface area (Å²) in [6, 6.07) is 17.5. The van der Waals surface area contributed by atoms with E-state index in [2.05, 4.69) is 15.3 Å². The molecule has 0 fully saturated rings. The molecule has 6 heteroatoms. The normalized spacial score (nSPS) is 12.5. The van der Waals surface area contributed by atoms with E-state index in [-0.39, 0.29) is 11.8 Å². The summed E-state index contributed by atoms with van der Waals surface area (Å²) in [6.45, 7) is 3.18. The highest BCUT2D eigenvalue weighted by Crippen LogP contribution is 2.26. The van der Waals surface area contributed by atoms with Gasteiger partial charge in [0.2, 0.25) is 0 Å². The number of para-hydroxylation sites is 1. The van der Waals surface area contributed by atoms with Crippen molar-refractivity contribution in [3.63, 3.8) is 0 Å². The molecule has 0 spiro atoms. The van der Waals surface area contributed by atoms with Crippen LogP contribution in [-0.2, 0) is 4.74 Å². The lowest BCUT2D eigenvalue weighted by Gasteiger charge is -2.12. The summed E-state index contributed by atoms with van der Waals surface area (Å²) in [7, 11) is 1.66. The molecule has 144 valence electrons. The Morgan fingerprint density at radius 2 is 1.82 bits per heavy atom. The average molecular weight is 377 g/mol. The molecule has 6 nitrogen and oxygen atoms in total. The van der Waals surface area contributed by atoms with Gasteiger partial charge in [-0.15, -0.1) is 0 Å². The fourth-order valence-electron chi connectivity index (χ4n) is 3.21. The van der Waals surface area contributed by atoms with Gasteiger partial charge in [-0.25, -0.2) is 0 Å². The van der Waals surface area contributed by atoms with Crippen molar-refractivity contribution in [1.82, 2.24) is 15.3 Å². The van der Waals surface area contributed by atoms with Gasteiger partial charge in [-0.1, -0.05) is 18.2 Å². The molecule has 0 radical (unpaired) electrons. The first kappa shape index (κ1) is 18.3. The fraction of sp³-hybridized carbons (Fsp3) is 0.227. The van der Waals surface area contributed by atoms with Gasteiger partial charge < -0.3 is 19.4 Å². The number of nitrogens with one attached hydrogen (secondary N) is 3. The molecule has 2 aromatic carbocycles. The minimum atomic E-state index is -0.111. The molecule has 1 atom stereocenters. The molecule has 2 aromatic heterocycles. The third kappa shape index (κ3) is 3.78. The summed E-state index contributed by atoms with van der Waals surface area (Å²) < 4.78 is 10.9. The molecular formula is C22H23N3O3. The minimum absolute atomic E-state index is 0.00152. The van der Waals surface area contributed by atoms with Crippen LogP contribution in [0, 0.1) is 0 Å². The van der Waals surface area contributed by atoms with Crippen molar-refractivity contribution >= 4 is 21.8 Å². The van der Waals surface area contributed by atoms with Crippen molar-refractivity contribution in [3.8, 4) is 17.0 Å². The lowest BCUT2D eigenvalue weighted by molar-refractivity contribution is 0.0856. The Balaban J connectivity index is 1.57. The summed E-state index contributed by atoms with van der Waals surface area (Å²) in [5.41, 5.74) is 3.09. The molecule has 0 aliphatic rings. The third-order valence-electron chi connectivity index (χ3n) is 4.79. The van der Waals surface area contributed by atoms with Gasteiger partial charge in [0.1, 0.15) is 18.6 Å². The highest BCUT2D eigenvalue weighted by atomic mass is 16.5. The summed E-state index contributed by atoms with van der Waals surface area (Å²) in [6.07, 6.45) is -0.00152. The van der Waals surface area contributed by atoms with Crippen LogP contribution in [0.5, 0.6) is 5.75 Å². The van der Waals surface area contributed by atoms with Crippen LogP contribution in [0.15, 0.2) is 59.4 Å². The molecule has 0 amide bonds. The summed E-state index contributed by atoms with van der Waals surface area (Å²) in [4.78, 5) is 18.8. The smallest absolute Gasteiger partial charge is 0.257 e. The number of pyridine rings is 1. The zero-order valence-electron chi connectivity index (χ0n) is 15.9. The third-order valence-corrected chi connectivity index (χ3v) is 4.79. The van der Waals surface area contributed by atoms with Crippen LogP contribution in [0.3, 0.4) is 0 Å². The molecule has 3 N–H and O–H groups in total. The standard InChI is InChI=1S/C22H23N3O3/c1-14(27-2)23-9-10-28-17-7-8-20-16(11-17)13-21(24-20)18-12-15-5-3-4-6-19(15)25-22(18)26/h3-8,11-14,23-24H,9-10H2,1-2H3,(H,25,26). The summed E-state index contributed by atoms with van der Waals surface area (Å²) >= 11 is 0. The van der Waals surface area contributed by atoms with Gasteiger partial charge in [-0.05, 0) is 48.7 Å². The van der Waals surface area contributed by atoms with Crippen molar-refractivity contribution in [2.75, 3.05) is 20.3 Å². The largest absolute Gasteiger partial charge is 0.492 e. The first-order valence-corrected chi connectivity index (χ1v) is 9.28. The molecule has 28 heavy (non-hydrogen) atoms. The second-order valence-corrected chi connectivity index (χ2v) is 6.71. The number of hydrogen-bond acceptors (Lipinski definition) is 4. The Hall–Kier alpha value is -3.09. The lowest BCUT2D eigenvalue weighted by atomic mass is 10.1. The van der Waals surface area contributed by atoms with E-state index in [1.807, 2.05) is 61.5 Å². The lowest BCUT2D eigenvalue weighted by Crippen LogP contribution is -2.31. The van der Waals surface area contributed by atoms with E-state index in [1.165, 1.54) is 0 Å². The summed E-state index contributed by atoms with van der Waals surface area (Å²) in [5.74, 6) is 0.789. The molecular weight excluding hydrogens is 354 g/mol. The Morgan fingerprint density at radius 3 is 2.68 bits per heavy atom. The van der Waals surface area contributed by atoms with Gasteiger partial charge >= 0.3 is 0 Å². The van der Waals surface area contributed by atoms with Crippen molar-refractivity contribution in [1.29, 1.82) is 0 Å². The Labute approximate surface area is 162 Å². The van der Waals surface area contributed by atoms with E-state index >= 15 is 0 Å². The van der Waals surface area contributed by atoms with Crippen LogP contribution in [0.4, 0.5) is 0 Å². The molecule has 4 rings (SSSR count). The zero-order valence-corrected chi connectivity index (χ0v) is 15.9. The number of ether oxygens (including phenoxy) is 2. The predicted molar refractivity (Wildman–Crippen MR) is 112 cm³/mol. The van der Waals surface area contributed by atoms with E-state index in [0.717, 1.165) is 33.2 Å². The second kappa shape index (κ2) is 7.88. The van der Waals surface area contributed by atoms with E-state index in [1.54, 1.807) is 7.11 Å². The maximum atomic E-state index is 12.5. The van der Waals surface area contributed by atoms with E-state index in [0.29, 0.717) is 18.7 Å². The van der Waals surface area contributed by atoms with Gasteiger partial charge in [0, 0.05) is 30.1 Å². The average Bonchev–Trinajstić information content (AvgIpc) is 3.13. The number of aromatic nitrogens is 2. The molecule has 0 saturated carbocycles. The zero-order chi connectivity index (χ0) is 19.5. The number of H-pyrrole nitrogens is 2. The van der Waals surface area contributed by atoms with Crippen LogP contribution < -0.4 is 15.6 Å². The number of methoxy groups -OCH3 is 1. The minimum Gasteiger partial charge on any atom is -0.492 e. The van der Waals surface area contributed by atoms with Gasteiger partial charge in [0.15, 0.2) is 0 Å². The predicted octanol–water partition coefficient (Wildman–Crippen LogP) is 3.64. The van der Waals surface area contributed by atoms with Crippen LogP contribution >= 0.6 is 0 Å². The quantitative estimate of drug-likeness (QED) is 0.339. The van der Waals surface area contributed by atoms with Crippen molar-refractivity contribution in [2.24, 2.45) is 0 Å². The first-order valence-electron chi connectivity index (χ1n) is 9.28. The Bertz CT molecular complexity index is 1160. The molecule has 4 aromatic rings. The van der Waals surface area contributed by atoms with E-state index in [4.69, 9.17) is 9.47 Å². The van der Waals surface area contributed by atoms with Crippen molar-refractivity contribution in [3.05, 3.63) is 65.0 Å². The molecule has 0 aliphatic carbocycles. The van der Waals surface area contributed by atoms with E-state index in [9.17, 15) is 4.79 Å². The summed E-state index contributed by atoms with van der Waals surface area (Å²) in [5, 5.41) is 5.19. The number of benzene rings is 2. The van der Waals surface area contributed by atoms with Crippen molar-refractivity contribution < 1.29 is 9.47 Å². The van der Waals surface area contributed by atoms with Crippen molar-refractivity contribution in [2.45, 2.75) is 13.2 Å². The van der Waals surface area contributed by atoms with Gasteiger partial charge in [0.25, 0.3) is 5.56 Å². The Morgan fingerprint density at radius 1 is 1.00 bits per heavy atom. The molecule has 2 heterocycles. The topological polar surface area (TPSA) is 79.1 Å². The van der Waals surface area contributed by atoms with Gasteiger partial charge in [-0.2, -0.15) is 0 Å². The van der Waals surface area contributed by atoms with Crippen LogP contribution in [0.1, 0.15) is 6.92 Å². The monoisotopic (exact) mass is 377 g/mol. The first-order chi connectivity index (χ1) is 13.6. The van der Waals surface area contributed by atoms with Gasteiger partial charge in [0.05, 0.1) is 11.3 Å². The van der Waals surface area contributed by atoms with Crippen LogP contribution in [0.25, 0.3) is 33.1 Å². The number of rotatable bonds is 7. The Kier molecular flexibility index (Phi) is 5.14. The molecule has 0 aliphatic heterocycles. The SMILES string of the molecule is COC(C)NCCOc1ccc2[nH]c(-c3cc4ccccc4[nH]c3=O)cc2c1. The molecule has 1 unspecified atom stereocenters. The highest BCUT2D eigenvalue weighted by Gasteiger charge is 2.10. The highest BCUT2D eigenvalue weighted by molar-refractivity contribution is 5.89. The second-order valence-electron chi connectivity index (χ2n) is 6.71. The fourth-order valence-corrected chi connectivity index (χ4v) is 3.21. The number of fused-ring (bicyclic) bond motifs is 2. The maximum absolute atomic E-state index is 12.5. The van der Waals surface area contributed by atoms with E-state index < -0.39 is 0 Å². The van der Waals surface area contributed by atoms with Crippen LogP contribution in [-0.4, -0.2) is 36.5 Å². The number of hydrogen-bond donors (Lipinski definition) is 3. The molecule has 0 saturated heterocycles. The molecule has 0 bridgehead atoms. The maximum Gasteiger partial charge on any atom is 0.257 e. The van der Waals surface area contributed by atoms with Gasteiger partial charge in [-0.3, -0.25) is 10.1 Å².